The van der Waals surface area contributed by atoms with Crippen molar-refractivity contribution in [3.05, 3.63) is 48.1 Å². The number of aryl methyl sites for hydroxylation is 1. The SMILES string of the molecule is Cc1cc(S(=O)(=O)O)c(C(C)C)cc1C(=O)Oc1cc(I)cc(I)c1O. The molecule has 140 valence electrons. The van der Waals surface area contributed by atoms with Gasteiger partial charge in [-0.15, -0.1) is 0 Å². The minimum Gasteiger partial charge on any atom is -0.504 e. The van der Waals surface area contributed by atoms with Crippen molar-refractivity contribution in [2.75, 3.05) is 0 Å². The second-order valence-corrected chi connectivity index (χ2v) is 9.76. The first-order valence-electron chi connectivity index (χ1n) is 7.44. The maximum Gasteiger partial charge on any atom is 0.343 e. The number of hydrogen-bond donors (Lipinski definition) is 2. The van der Waals surface area contributed by atoms with Gasteiger partial charge in [-0.1, -0.05) is 13.8 Å². The summed E-state index contributed by atoms with van der Waals surface area (Å²) >= 11 is 3.97. The number of rotatable bonds is 4. The molecule has 0 aliphatic heterocycles. The van der Waals surface area contributed by atoms with Crippen molar-refractivity contribution < 1.29 is 27.6 Å². The maximum atomic E-state index is 12.6. The van der Waals surface area contributed by atoms with E-state index in [4.69, 9.17) is 4.74 Å². The summed E-state index contributed by atoms with van der Waals surface area (Å²) < 4.78 is 39.3. The fraction of sp³-hybridized carbons (Fsp3) is 0.235. The van der Waals surface area contributed by atoms with Crippen molar-refractivity contribution >= 4 is 61.3 Å². The highest BCUT2D eigenvalue weighted by Gasteiger charge is 2.23. The standard InChI is InChI=1S/C17H16I2O6S/c1-8(2)11-7-12(9(3)4-15(11)26(22,23)24)17(21)25-14-6-10(18)5-13(19)16(14)20/h4-8,20H,1-3H3,(H,22,23,24). The highest BCUT2D eigenvalue weighted by Crippen LogP contribution is 2.34. The number of hydrogen-bond acceptors (Lipinski definition) is 5. The van der Waals surface area contributed by atoms with E-state index in [1.54, 1.807) is 26.8 Å². The van der Waals surface area contributed by atoms with Crippen LogP contribution in [0.1, 0.15) is 41.3 Å². The summed E-state index contributed by atoms with van der Waals surface area (Å²) in [7, 11) is -4.41. The van der Waals surface area contributed by atoms with Crippen molar-refractivity contribution in [2.24, 2.45) is 0 Å². The fourth-order valence-electron chi connectivity index (χ4n) is 2.37. The topological polar surface area (TPSA) is 101 Å². The third-order valence-corrected chi connectivity index (χ3v) is 6.03. The summed E-state index contributed by atoms with van der Waals surface area (Å²) in [5.74, 6) is -1.09. The predicted molar refractivity (Wildman–Crippen MR) is 114 cm³/mol. The van der Waals surface area contributed by atoms with Gasteiger partial charge < -0.3 is 9.84 Å². The second kappa shape index (κ2) is 7.98. The number of carbonyl (C=O) groups is 1. The van der Waals surface area contributed by atoms with E-state index >= 15 is 0 Å². The Morgan fingerprint density at radius 3 is 2.31 bits per heavy atom. The summed E-state index contributed by atoms with van der Waals surface area (Å²) in [6.07, 6.45) is 0. The number of ether oxygens (including phenoxy) is 1. The number of esters is 1. The van der Waals surface area contributed by atoms with Crippen LogP contribution in [0.25, 0.3) is 0 Å². The molecular formula is C17H16I2O6S. The van der Waals surface area contributed by atoms with Crippen molar-refractivity contribution in [3.8, 4) is 11.5 Å². The summed E-state index contributed by atoms with van der Waals surface area (Å²) in [6, 6.07) is 5.92. The molecule has 2 aromatic carbocycles. The Morgan fingerprint density at radius 2 is 1.77 bits per heavy atom. The van der Waals surface area contributed by atoms with Crippen LogP contribution in [-0.4, -0.2) is 24.0 Å². The molecule has 26 heavy (non-hydrogen) atoms. The molecule has 0 aromatic heterocycles. The zero-order valence-corrected chi connectivity index (χ0v) is 19.2. The highest BCUT2D eigenvalue weighted by atomic mass is 127. The van der Waals surface area contributed by atoms with Gasteiger partial charge in [0.15, 0.2) is 11.5 Å². The molecule has 0 bridgehead atoms. The Labute approximate surface area is 179 Å². The number of phenolic OH excluding ortho intramolecular Hbond substituents is 1. The Kier molecular flexibility index (Phi) is 6.57. The Bertz CT molecular complexity index is 983. The number of halogens is 2. The van der Waals surface area contributed by atoms with Crippen molar-refractivity contribution in [3.63, 3.8) is 0 Å². The van der Waals surface area contributed by atoms with Crippen LogP contribution in [0.15, 0.2) is 29.2 Å². The molecule has 0 saturated carbocycles. The van der Waals surface area contributed by atoms with Gasteiger partial charge in [0.1, 0.15) is 0 Å². The number of carbonyl (C=O) groups excluding carboxylic acids is 1. The third kappa shape index (κ3) is 4.67. The molecule has 6 nitrogen and oxygen atoms in total. The van der Waals surface area contributed by atoms with E-state index in [9.17, 15) is 22.9 Å². The van der Waals surface area contributed by atoms with Crippen LogP contribution in [0.5, 0.6) is 11.5 Å². The number of phenols is 1. The molecule has 0 radical (unpaired) electrons. The molecule has 0 saturated heterocycles. The molecular weight excluding hydrogens is 586 g/mol. The Morgan fingerprint density at radius 1 is 1.15 bits per heavy atom. The third-order valence-electron chi connectivity index (χ3n) is 3.67. The van der Waals surface area contributed by atoms with E-state index < -0.39 is 16.1 Å². The molecule has 0 aliphatic rings. The number of benzene rings is 2. The van der Waals surface area contributed by atoms with Crippen molar-refractivity contribution in [2.45, 2.75) is 31.6 Å². The lowest BCUT2D eigenvalue weighted by atomic mass is 9.97. The lowest BCUT2D eigenvalue weighted by molar-refractivity contribution is 0.0728. The molecule has 2 aromatic rings. The van der Waals surface area contributed by atoms with Crippen LogP contribution in [0.2, 0.25) is 0 Å². The van der Waals surface area contributed by atoms with E-state index in [0.29, 0.717) is 14.7 Å². The van der Waals surface area contributed by atoms with Gasteiger partial charge in [-0.3, -0.25) is 4.55 Å². The zero-order valence-electron chi connectivity index (χ0n) is 14.1. The molecule has 0 aliphatic carbocycles. The normalized spacial score (nSPS) is 11.7. The quantitative estimate of drug-likeness (QED) is 0.232. The predicted octanol–water partition coefficient (Wildman–Crippen LogP) is 4.50. The van der Waals surface area contributed by atoms with Crippen LogP contribution in [0.3, 0.4) is 0 Å². The van der Waals surface area contributed by atoms with Gasteiger partial charge >= 0.3 is 5.97 Å². The number of aromatic hydroxyl groups is 1. The lowest BCUT2D eigenvalue weighted by Crippen LogP contribution is -2.14. The maximum absolute atomic E-state index is 12.6. The van der Waals surface area contributed by atoms with E-state index in [1.807, 2.05) is 45.2 Å². The summed E-state index contributed by atoms with van der Waals surface area (Å²) in [5, 5.41) is 10.1. The van der Waals surface area contributed by atoms with Gasteiger partial charge in [0, 0.05) is 3.57 Å². The largest absolute Gasteiger partial charge is 0.504 e. The van der Waals surface area contributed by atoms with Crippen LogP contribution >= 0.6 is 45.2 Å². The van der Waals surface area contributed by atoms with E-state index in [0.717, 1.165) is 3.57 Å². The van der Waals surface area contributed by atoms with Crippen molar-refractivity contribution in [1.29, 1.82) is 0 Å². The average molecular weight is 602 g/mol. The van der Waals surface area contributed by atoms with Gasteiger partial charge in [0.25, 0.3) is 10.1 Å². The molecule has 0 unspecified atom stereocenters. The first kappa shape index (κ1) is 21.4. The summed E-state index contributed by atoms with van der Waals surface area (Å²) in [4.78, 5) is 12.4. The van der Waals surface area contributed by atoms with Crippen LogP contribution < -0.4 is 4.74 Å². The molecule has 0 heterocycles. The fourth-order valence-corrected chi connectivity index (χ4v) is 5.08. The highest BCUT2D eigenvalue weighted by molar-refractivity contribution is 14.1. The zero-order chi connectivity index (χ0) is 19.8. The molecule has 0 atom stereocenters. The second-order valence-electron chi connectivity index (χ2n) is 5.96. The summed E-state index contributed by atoms with van der Waals surface area (Å²) in [5.41, 5.74) is 0.813. The van der Waals surface area contributed by atoms with Gasteiger partial charge in [-0.25, -0.2) is 4.79 Å². The van der Waals surface area contributed by atoms with Gasteiger partial charge in [-0.2, -0.15) is 8.42 Å². The van der Waals surface area contributed by atoms with E-state index in [-0.39, 0.29) is 27.9 Å². The molecule has 0 fully saturated rings. The monoisotopic (exact) mass is 602 g/mol. The molecule has 2 N–H and O–H groups in total. The smallest absolute Gasteiger partial charge is 0.343 e. The average Bonchev–Trinajstić information content (AvgIpc) is 2.50. The van der Waals surface area contributed by atoms with Crippen LogP contribution in [0.4, 0.5) is 0 Å². The summed E-state index contributed by atoms with van der Waals surface area (Å²) in [6.45, 7) is 5.05. The minimum absolute atomic E-state index is 0.0238. The van der Waals surface area contributed by atoms with Crippen LogP contribution in [-0.2, 0) is 10.1 Å². The van der Waals surface area contributed by atoms with E-state index in [2.05, 4.69) is 0 Å². The minimum atomic E-state index is -4.41. The Hall–Kier alpha value is -0.920. The van der Waals surface area contributed by atoms with Crippen molar-refractivity contribution in [1.82, 2.24) is 0 Å². The molecule has 0 amide bonds. The van der Waals surface area contributed by atoms with Crippen LogP contribution in [0, 0.1) is 14.1 Å². The lowest BCUT2D eigenvalue weighted by Gasteiger charge is -2.15. The van der Waals surface area contributed by atoms with Gasteiger partial charge in [0.2, 0.25) is 0 Å². The van der Waals surface area contributed by atoms with Gasteiger partial charge in [-0.05, 0) is 93.4 Å². The first-order valence-corrected chi connectivity index (χ1v) is 11.0. The van der Waals surface area contributed by atoms with Gasteiger partial charge in [0.05, 0.1) is 14.0 Å². The molecule has 0 spiro atoms. The first-order chi connectivity index (χ1) is 11.9. The Balaban J connectivity index is 2.52. The molecule has 2 rings (SSSR count). The van der Waals surface area contributed by atoms with E-state index in [1.165, 1.54) is 18.2 Å². The molecule has 9 heteroatoms.